The van der Waals surface area contributed by atoms with Gasteiger partial charge in [0, 0.05) is 25.2 Å². The van der Waals surface area contributed by atoms with Gasteiger partial charge in [0.1, 0.15) is 12.7 Å². The highest BCUT2D eigenvalue weighted by Crippen LogP contribution is 2.36. The molecule has 0 saturated carbocycles. The van der Waals surface area contributed by atoms with Crippen LogP contribution in [0.1, 0.15) is 63.4 Å². The Morgan fingerprint density at radius 3 is 2.88 bits per heavy atom. The van der Waals surface area contributed by atoms with Crippen LogP contribution in [0.5, 0.6) is 0 Å². The zero-order chi connectivity index (χ0) is 22.9. The van der Waals surface area contributed by atoms with Crippen LogP contribution in [0.4, 0.5) is 5.69 Å². The third-order valence-electron chi connectivity index (χ3n) is 5.79. The minimum absolute atomic E-state index is 0.0392. The van der Waals surface area contributed by atoms with Gasteiger partial charge >= 0.3 is 5.97 Å². The lowest BCUT2D eigenvalue weighted by Crippen LogP contribution is -2.54. The van der Waals surface area contributed by atoms with Gasteiger partial charge < -0.3 is 26.0 Å². The normalized spacial score (nSPS) is 19.2. The van der Waals surface area contributed by atoms with E-state index < -0.39 is 5.97 Å². The number of fused-ring (bicyclic) bond motifs is 1. The molecule has 2 amide bonds. The molecule has 2 heterocycles. The fraction of sp³-hybridized carbons (Fsp3) is 0.565. The number of hydrogen-bond donors (Lipinski definition) is 4. The van der Waals surface area contributed by atoms with Gasteiger partial charge in [0.2, 0.25) is 11.8 Å². The molecule has 4 N–H and O–H groups in total. The van der Waals surface area contributed by atoms with E-state index in [0.29, 0.717) is 18.1 Å². The fourth-order valence-electron chi connectivity index (χ4n) is 4.16. The molecule has 3 rings (SSSR count). The first-order chi connectivity index (χ1) is 15.5. The minimum atomic E-state index is -0.896. The summed E-state index contributed by atoms with van der Waals surface area (Å²) in [5.41, 5.74) is 1.42. The lowest BCUT2D eigenvalue weighted by Gasteiger charge is -2.27. The quantitative estimate of drug-likeness (QED) is 0.433. The van der Waals surface area contributed by atoms with Gasteiger partial charge in [-0.3, -0.25) is 19.4 Å². The predicted molar refractivity (Wildman–Crippen MR) is 123 cm³/mol. The summed E-state index contributed by atoms with van der Waals surface area (Å²) in [4.78, 5) is 43.0. The minimum Gasteiger partial charge on any atom is -0.481 e. The highest BCUT2D eigenvalue weighted by Gasteiger charge is 2.30. The molecule has 174 valence electrons. The third-order valence-corrected chi connectivity index (χ3v) is 5.79. The van der Waals surface area contributed by atoms with Crippen LogP contribution in [0.15, 0.2) is 29.3 Å². The first-order valence-electron chi connectivity index (χ1n) is 11.4. The van der Waals surface area contributed by atoms with Crippen molar-refractivity contribution in [2.75, 3.05) is 24.5 Å². The van der Waals surface area contributed by atoms with Crippen molar-refractivity contribution >= 4 is 29.4 Å². The maximum atomic E-state index is 13.0. The number of unbranched alkanes of at least 4 members (excludes halogenated alkanes) is 1. The summed E-state index contributed by atoms with van der Waals surface area (Å²) in [7, 11) is 0. The van der Waals surface area contributed by atoms with Crippen molar-refractivity contribution in [3.8, 4) is 0 Å². The van der Waals surface area contributed by atoms with Crippen molar-refractivity contribution in [1.29, 1.82) is 0 Å². The van der Waals surface area contributed by atoms with Gasteiger partial charge in [0.25, 0.3) is 0 Å². The number of aliphatic imine (C=N–C) groups is 1. The van der Waals surface area contributed by atoms with E-state index in [0.717, 1.165) is 44.3 Å². The van der Waals surface area contributed by atoms with Crippen molar-refractivity contribution in [2.45, 2.75) is 64.0 Å². The second kappa shape index (κ2) is 11.5. The number of hydrogen-bond acceptors (Lipinski definition) is 6. The average Bonchev–Trinajstić information content (AvgIpc) is 2.90. The summed E-state index contributed by atoms with van der Waals surface area (Å²) in [5, 5.41) is 18.8. The molecule has 9 nitrogen and oxygen atoms in total. The van der Waals surface area contributed by atoms with Gasteiger partial charge in [-0.25, -0.2) is 0 Å². The van der Waals surface area contributed by atoms with E-state index in [2.05, 4.69) is 27.9 Å². The van der Waals surface area contributed by atoms with E-state index in [1.54, 1.807) is 12.1 Å². The number of para-hydroxylation sites is 1. The standard InChI is InChI=1S/C23H33N5O4/c1-2-3-9-19(27-23-24-12-6-13-25-23)26-20(29)15-28-18-8-5-4-7-17(18)16(14-22(31)32)10-11-21(28)30/h4-5,7-8,16,19H,2-3,6,9-15H2,1H3,(H,26,29)(H,31,32)(H2,24,25,27). The van der Waals surface area contributed by atoms with Crippen molar-refractivity contribution in [3.05, 3.63) is 29.8 Å². The molecule has 0 spiro atoms. The molecule has 0 radical (unpaired) electrons. The van der Waals surface area contributed by atoms with E-state index in [1.807, 2.05) is 12.1 Å². The molecule has 2 atom stereocenters. The smallest absolute Gasteiger partial charge is 0.303 e. The van der Waals surface area contributed by atoms with Crippen LogP contribution >= 0.6 is 0 Å². The summed E-state index contributed by atoms with van der Waals surface area (Å²) in [6.45, 7) is 3.58. The lowest BCUT2D eigenvalue weighted by molar-refractivity contribution is -0.137. The number of amides is 2. The second-order valence-electron chi connectivity index (χ2n) is 8.29. The van der Waals surface area contributed by atoms with Gasteiger partial charge in [0.05, 0.1) is 6.42 Å². The Morgan fingerprint density at radius 1 is 1.34 bits per heavy atom. The molecular weight excluding hydrogens is 410 g/mol. The van der Waals surface area contributed by atoms with Gasteiger partial charge in [-0.15, -0.1) is 0 Å². The molecule has 0 fully saturated rings. The number of carbonyl (C=O) groups is 3. The van der Waals surface area contributed by atoms with Crippen LogP contribution in [0.25, 0.3) is 0 Å². The van der Waals surface area contributed by atoms with Crippen molar-refractivity contribution in [2.24, 2.45) is 4.99 Å². The largest absolute Gasteiger partial charge is 0.481 e. The third kappa shape index (κ3) is 6.45. The molecule has 32 heavy (non-hydrogen) atoms. The molecule has 1 aromatic carbocycles. The summed E-state index contributed by atoms with van der Waals surface area (Å²) in [5.74, 6) is -0.903. The molecule has 9 heteroatoms. The molecular formula is C23H33N5O4. The summed E-state index contributed by atoms with van der Waals surface area (Å²) < 4.78 is 0. The van der Waals surface area contributed by atoms with E-state index in [-0.39, 0.29) is 43.3 Å². The van der Waals surface area contributed by atoms with Gasteiger partial charge in [-0.1, -0.05) is 31.5 Å². The molecule has 0 aliphatic carbocycles. The van der Waals surface area contributed by atoms with Gasteiger partial charge in [-0.05, 0) is 43.2 Å². The molecule has 2 unspecified atom stereocenters. The molecule has 0 bridgehead atoms. The first-order valence-corrected chi connectivity index (χ1v) is 11.4. The number of nitrogens with one attached hydrogen (secondary N) is 3. The number of rotatable bonds is 9. The summed E-state index contributed by atoms with van der Waals surface area (Å²) in [6, 6.07) is 7.28. The van der Waals surface area contributed by atoms with Crippen LogP contribution in [0.3, 0.4) is 0 Å². The fourth-order valence-corrected chi connectivity index (χ4v) is 4.16. The van der Waals surface area contributed by atoms with Crippen LogP contribution in [-0.2, 0) is 14.4 Å². The van der Waals surface area contributed by atoms with Crippen molar-refractivity contribution in [3.63, 3.8) is 0 Å². The SMILES string of the molecule is CCCCC(NC(=O)CN1C(=O)CCC(CC(=O)O)c2ccccc21)NC1=NCCCN1. The Kier molecular flexibility index (Phi) is 8.47. The van der Waals surface area contributed by atoms with Gasteiger partial charge in [-0.2, -0.15) is 0 Å². The number of guanidine groups is 1. The maximum absolute atomic E-state index is 13.0. The molecule has 0 saturated heterocycles. The Labute approximate surface area is 188 Å². The van der Waals surface area contributed by atoms with Gasteiger partial charge in [0.15, 0.2) is 5.96 Å². The number of aliphatic carboxylic acids is 1. The van der Waals surface area contributed by atoms with Crippen LogP contribution in [0.2, 0.25) is 0 Å². The molecule has 1 aromatic rings. The maximum Gasteiger partial charge on any atom is 0.303 e. The molecule has 2 aliphatic heterocycles. The summed E-state index contributed by atoms with van der Waals surface area (Å²) >= 11 is 0. The van der Waals surface area contributed by atoms with Crippen molar-refractivity contribution < 1.29 is 19.5 Å². The first kappa shape index (κ1) is 23.6. The average molecular weight is 444 g/mol. The molecule has 0 aromatic heterocycles. The highest BCUT2D eigenvalue weighted by molar-refractivity contribution is 6.00. The Hall–Kier alpha value is -3.10. The van der Waals surface area contributed by atoms with E-state index in [4.69, 9.17) is 0 Å². The summed E-state index contributed by atoms with van der Waals surface area (Å²) in [6.07, 6.45) is 3.99. The van der Waals surface area contributed by atoms with Crippen LogP contribution in [-0.4, -0.2) is 54.6 Å². The van der Waals surface area contributed by atoms with E-state index >= 15 is 0 Å². The number of carboxylic acid groups (broad SMARTS) is 1. The number of nitrogens with zero attached hydrogens (tertiary/aromatic N) is 2. The Bertz CT molecular complexity index is 857. The van der Waals surface area contributed by atoms with E-state index in [1.165, 1.54) is 4.90 Å². The number of carbonyl (C=O) groups excluding carboxylic acids is 2. The number of benzene rings is 1. The van der Waals surface area contributed by atoms with Crippen molar-refractivity contribution in [1.82, 2.24) is 16.0 Å². The van der Waals surface area contributed by atoms with Crippen LogP contribution in [0, 0.1) is 0 Å². The van der Waals surface area contributed by atoms with E-state index in [9.17, 15) is 19.5 Å². The Balaban J connectivity index is 1.72. The predicted octanol–water partition coefficient (Wildman–Crippen LogP) is 1.94. The zero-order valence-corrected chi connectivity index (χ0v) is 18.6. The lowest BCUT2D eigenvalue weighted by atomic mass is 9.91. The monoisotopic (exact) mass is 443 g/mol. The second-order valence-corrected chi connectivity index (χ2v) is 8.29. The number of carboxylic acids is 1. The highest BCUT2D eigenvalue weighted by atomic mass is 16.4. The number of anilines is 1. The van der Waals surface area contributed by atoms with Crippen LogP contribution < -0.4 is 20.9 Å². The molecule has 2 aliphatic rings. The topological polar surface area (TPSA) is 123 Å². The zero-order valence-electron chi connectivity index (χ0n) is 18.6. The Morgan fingerprint density at radius 2 is 2.16 bits per heavy atom.